The third-order valence-electron chi connectivity index (χ3n) is 4.30. The molecule has 0 amide bonds. The largest absolute Gasteiger partial charge is 0.379 e. The van der Waals surface area contributed by atoms with Gasteiger partial charge in [-0.3, -0.25) is 4.90 Å². The molecular formula is C12H24N2O. The molecule has 2 N–H and O–H groups in total. The molecule has 0 radical (unpaired) electrons. The summed E-state index contributed by atoms with van der Waals surface area (Å²) in [6.45, 7) is 8.38. The van der Waals surface area contributed by atoms with Crippen molar-refractivity contribution in [2.45, 2.75) is 44.7 Å². The summed E-state index contributed by atoms with van der Waals surface area (Å²) in [7, 11) is 0. The van der Waals surface area contributed by atoms with Crippen LogP contribution in [0, 0.1) is 5.92 Å². The Balaban J connectivity index is 1.96. The van der Waals surface area contributed by atoms with E-state index < -0.39 is 0 Å². The van der Waals surface area contributed by atoms with E-state index in [1.807, 2.05) is 0 Å². The van der Waals surface area contributed by atoms with E-state index in [0.717, 1.165) is 32.2 Å². The van der Waals surface area contributed by atoms with Crippen molar-refractivity contribution in [1.29, 1.82) is 0 Å². The molecule has 0 bridgehead atoms. The van der Waals surface area contributed by atoms with E-state index in [1.165, 1.54) is 19.3 Å². The quantitative estimate of drug-likeness (QED) is 0.764. The first-order chi connectivity index (χ1) is 7.12. The smallest absolute Gasteiger partial charge is 0.0594 e. The highest BCUT2D eigenvalue weighted by atomic mass is 16.5. The van der Waals surface area contributed by atoms with E-state index in [9.17, 15) is 0 Å². The van der Waals surface area contributed by atoms with Crippen LogP contribution in [0.3, 0.4) is 0 Å². The predicted molar refractivity (Wildman–Crippen MR) is 61.8 cm³/mol. The van der Waals surface area contributed by atoms with Gasteiger partial charge < -0.3 is 10.5 Å². The molecule has 0 aromatic rings. The van der Waals surface area contributed by atoms with Gasteiger partial charge in [-0.25, -0.2) is 0 Å². The fourth-order valence-corrected chi connectivity index (χ4v) is 2.73. The number of nitrogens with two attached hydrogens (primary N) is 1. The predicted octanol–water partition coefficient (Wildman–Crippen LogP) is 1.22. The molecule has 15 heavy (non-hydrogen) atoms. The van der Waals surface area contributed by atoms with Crippen LogP contribution in [0.4, 0.5) is 0 Å². The molecule has 2 rings (SSSR count). The third-order valence-corrected chi connectivity index (χ3v) is 4.30. The molecule has 1 heterocycles. The Morgan fingerprint density at radius 1 is 1.27 bits per heavy atom. The summed E-state index contributed by atoms with van der Waals surface area (Å²) in [6.07, 6.45) is 4.03. The Bertz CT molecular complexity index is 204. The monoisotopic (exact) mass is 212 g/mol. The fraction of sp³-hybridized carbons (Fsp3) is 1.00. The maximum absolute atomic E-state index is 6.41. The minimum atomic E-state index is 0.134. The standard InChI is InChI=1S/C12H24N2O/c1-12(2,11(13)10-4-3-5-10)14-6-8-15-9-7-14/h10-11H,3-9,13H2,1-2H3. The highest BCUT2D eigenvalue weighted by molar-refractivity contribution is 4.98. The summed E-state index contributed by atoms with van der Waals surface area (Å²) in [4.78, 5) is 2.50. The lowest BCUT2D eigenvalue weighted by atomic mass is 9.72. The van der Waals surface area contributed by atoms with Gasteiger partial charge in [0.1, 0.15) is 0 Å². The van der Waals surface area contributed by atoms with E-state index in [2.05, 4.69) is 18.7 Å². The van der Waals surface area contributed by atoms with Crippen molar-refractivity contribution in [3.8, 4) is 0 Å². The van der Waals surface area contributed by atoms with E-state index in [4.69, 9.17) is 10.5 Å². The molecule has 1 saturated heterocycles. The maximum Gasteiger partial charge on any atom is 0.0594 e. The van der Waals surface area contributed by atoms with Crippen LogP contribution in [-0.2, 0) is 4.74 Å². The Kier molecular flexibility index (Phi) is 3.33. The van der Waals surface area contributed by atoms with Gasteiger partial charge in [0, 0.05) is 24.7 Å². The summed E-state index contributed by atoms with van der Waals surface area (Å²) in [5.41, 5.74) is 6.54. The van der Waals surface area contributed by atoms with Gasteiger partial charge in [0.05, 0.1) is 13.2 Å². The van der Waals surface area contributed by atoms with Crippen molar-refractivity contribution in [1.82, 2.24) is 4.90 Å². The second-order valence-corrected chi connectivity index (χ2v) is 5.47. The lowest BCUT2D eigenvalue weighted by Crippen LogP contribution is -2.62. The van der Waals surface area contributed by atoms with E-state index in [0.29, 0.717) is 6.04 Å². The minimum Gasteiger partial charge on any atom is -0.379 e. The Labute approximate surface area is 93.0 Å². The molecule has 0 aromatic heterocycles. The Morgan fingerprint density at radius 3 is 2.33 bits per heavy atom. The molecule has 1 aliphatic carbocycles. The summed E-state index contributed by atoms with van der Waals surface area (Å²) in [5, 5.41) is 0. The van der Waals surface area contributed by atoms with Crippen LogP contribution in [0.2, 0.25) is 0 Å². The number of morpholine rings is 1. The van der Waals surface area contributed by atoms with Crippen molar-refractivity contribution in [3.05, 3.63) is 0 Å². The average Bonchev–Trinajstić information content (AvgIpc) is 2.16. The van der Waals surface area contributed by atoms with Gasteiger partial charge in [0.2, 0.25) is 0 Å². The second-order valence-electron chi connectivity index (χ2n) is 5.47. The van der Waals surface area contributed by atoms with Crippen molar-refractivity contribution < 1.29 is 4.74 Å². The van der Waals surface area contributed by atoms with Crippen LogP contribution in [0.1, 0.15) is 33.1 Å². The molecule has 3 heteroatoms. The highest BCUT2D eigenvalue weighted by Crippen LogP contribution is 2.35. The molecule has 1 unspecified atom stereocenters. The maximum atomic E-state index is 6.41. The molecule has 1 aliphatic heterocycles. The van der Waals surface area contributed by atoms with Crippen molar-refractivity contribution >= 4 is 0 Å². The van der Waals surface area contributed by atoms with Crippen LogP contribution >= 0.6 is 0 Å². The van der Waals surface area contributed by atoms with Crippen molar-refractivity contribution in [2.75, 3.05) is 26.3 Å². The molecule has 2 fully saturated rings. The van der Waals surface area contributed by atoms with E-state index in [-0.39, 0.29) is 5.54 Å². The van der Waals surface area contributed by atoms with Crippen LogP contribution in [0.25, 0.3) is 0 Å². The zero-order chi connectivity index (χ0) is 10.9. The second kappa shape index (κ2) is 4.40. The minimum absolute atomic E-state index is 0.134. The fourth-order valence-electron chi connectivity index (χ4n) is 2.73. The number of hydrogen-bond acceptors (Lipinski definition) is 3. The van der Waals surface area contributed by atoms with Gasteiger partial charge in [-0.15, -0.1) is 0 Å². The SMILES string of the molecule is CC(C)(C(N)C1CCC1)N1CCOCC1. The molecule has 1 atom stereocenters. The number of rotatable bonds is 3. The van der Waals surface area contributed by atoms with Gasteiger partial charge in [-0.1, -0.05) is 6.42 Å². The highest BCUT2D eigenvalue weighted by Gasteiger charge is 2.39. The van der Waals surface area contributed by atoms with Gasteiger partial charge in [0.25, 0.3) is 0 Å². The van der Waals surface area contributed by atoms with Crippen LogP contribution in [-0.4, -0.2) is 42.8 Å². The first kappa shape index (κ1) is 11.4. The molecule has 0 aromatic carbocycles. The van der Waals surface area contributed by atoms with Crippen LogP contribution in [0.5, 0.6) is 0 Å². The first-order valence-electron chi connectivity index (χ1n) is 6.21. The summed E-state index contributed by atoms with van der Waals surface area (Å²) >= 11 is 0. The molecule has 88 valence electrons. The zero-order valence-corrected chi connectivity index (χ0v) is 10.0. The molecule has 2 aliphatic rings. The van der Waals surface area contributed by atoms with Crippen molar-refractivity contribution in [2.24, 2.45) is 11.7 Å². The van der Waals surface area contributed by atoms with Gasteiger partial charge >= 0.3 is 0 Å². The molecule has 0 spiro atoms. The average molecular weight is 212 g/mol. The lowest BCUT2D eigenvalue weighted by Gasteiger charge is -2.48. The molecule has 1 saturated carbocycles. The number of ether oxygens (including phenoxy) is 1. The lowest BCUT2D eigenvalue weighted by molar-refractivity contribution is -0.0310. The van der Waals surface area contributed by atoms with Gasteiger partial charge in [0.15, 0.2) is 0 Å². The van der Waals surface area contributed by atoms with Gasteiger partial charge in [-0.2, -0.15) is 0 Å². The zero-order valence-electron chi connectivity index (χ0n) is 10.0. The molecular weight excluding hydrogens is 188 g/mol. The van der Waals surface area contributed by atoms with Crippen molar-refractivity contribution in [3.63, 3.8) is 0 Å². The third kappa shape index (κ3) is 2.19. The topological polar surface area (TPSA) is 38.5 Å². The number of hydrogen-bond donors (Lipinski definition) is 1. The molecule has 3 nitrogen and oxygen atoms in total. The summed E-state index contributed by atoms with van der Waals surface area (Å²) in [6, 6.07) is 0.323. The number of nitrogens with zero attached hydrogens (tertiary/aromatic N) is 1. The normalized spacial score (nSPS) is 27.4. The first-order valence-corrected chi connectivity index (χ1v) is 6.21. The van der Waals surface area contributed by atoms with Crippen LogP contribution in [0.15, 0.2) is 0 Å². The summed E-state index contributed by atoms with van der Waals surface area (Å²) in [5.74, 6) is 0.753. The van der Waals surface area contributed by atoms with E-state index in [1.54, 1.807) is 0 Å². The van der Waals surface area contributed by atoms with Gasteiger partial charge in [-0.05, 0) is 32.6 Å². The Morgan fingerprint density at radius 2 is 1.87 bits per heavy atom. The van der Waals surface area contributed by atoms with Crippen LogP contribution < -0.4 is 5.73 Å². The summed E-state index contributed by atoms with van der Waals surface area (Å²) < 4.78 is 5.39. The Hall–Kier alpha value is -0.120. The van der Waals surface area contributed by atoms with E-state index >= 15 is 0 Å².